The number of hydrogen-bond donors (Lipinski definition) is 1. The highest BCUT2D eigenvalue weighted by atomic mass is 19.1. The molecule has 2 aromatic rings. The molecule has 28 heavy (non-hydrogen) atoms. The molecule has 1 amide bonds. The first-order valence-electron chi connectivity index (χ1n) is 8.78. The van der Waals surface area contributed by atoms with Crippen LogP contribution in [0.4, 0.5) is 14.5 Å². The molecule has 1 heterocycles. The topological polar surface area (TPSA) is 73.9 Å². The van der Waals surface area contributed by atoms with Crippen LogP contribution in [-0.4, -0.2) is 37.8 Å². The molecule has 1 N–H and O–H groups in total. The first-order valence-corrected chi connectivity index (χ1v) is 8.78. The summed E-state index contributed by atoms with van der Waals surface area (Å²) in [5.41, 5.74) is 0.0421. The van der Waals surface area contributed by atoms with Crippen LogP contribution in [0.25, 0.3) is 0 Å². The van der Waals surface area contributed by atoms with Crippen LogP contribution in [0.5, 0.6) is 5.75 Å². The Kier molecular flexibility index (Phi) is 6.54. The Morgan fingerprint density at radius 2 is 1.93 bits per heavy atom. The number of benzene rings is 2. The van der Waals surface area contributed by atoms with E-state index in [4.69, 9.17) is 14.2 Å². The molecule has 1 aliphatic rings. The first-order chi connectivity index (χ1) is 13.5. The van der Waals surface area contributed by atoms with Crippen molar-refractivity contribution in [2.24, 2.45) is 0 Å². The van der Waals surface area contributed by atoms with Crippen LogP contribution < -0.4 is 10.1 Å². The van der Waals surface area contributed by atoms with Crippen molar-refractivity contribution in [2.75, 3.05) is 25.1 Å². The summed E-state index contributed by atoms with van der Waals surface area (Å²) in [4.78, 5) is 23.8. The number of ether oxygens (including phenoxy) is 3. The second-order valence-electron chi connectivity index (χ2n) is 6.22. The maximum Gasteiger partial charge on any atom is 0.338 e. The fraction of sp³-hybridized carbons (Fsp3) is 0.300. The minimum absolute atomic E-state index is 0.0918. The molecule has 1 atom stereocenters. The van der Waals surface area contributed by atoms with Crippen molar-refractivity contribution in [1.82, 2.24) is 0 Å². The number of nitrogens with one attached hydrogen (secondary N) is 1. The lowest BCUT2D eigenvalue weighted by molar-refractivity contribution is -0.119. The summed E-state index contributed by atoms with van der Waals surface area (Å²) < 4.78 is 42.3. The van der Waals surface area contributed by atoms with E-state index < -0.39 is 30.1 Å². The highest BCUT2D eigenvalue weighted by molar-refractivity contribution is 5.95. The number of rotatable bonds is 7. The van der Waals surface area contributed by atoms with E-state index in [-0.39, 0.29) is 17.4 Å². The van der Waals surface area contributed by atoms with E-state index in [0.717, 1.165) is 31.6 Å². The van der Waals surface area contributed by atoms with Gasteiger partial charge >= 0.3 is 5.97 Å². The van der Waals surface area contributed by atoms with E-state index in [9.17, 15) is 18.4 Å². The highest BCUT2D eigenvalue weighted by Gasteiger charge is 2.16. The van der Waals surface area contributed by atoms with E-state index in [2.05, 4.69) is 5.32 Å². The van der Waals surface area contributed by atoms with E-state index >= 15 is 0 Å². The number of carbonyl (C=O) groups is 2. The molecule has 1 saturated heterocycles. The zero-order valence-corrected chi connectivity index (χ0v) is 15.0. The summed E-state index contributed by atoms with van der Waals surface area (Å²) in [6.45, 7) is 0.594. The van der Waals surface area contributed by atoms with Crippen molar-refractivity contribution >= 4 is 17.6 Å². The first kappa shape index (κ1) is 19.8. The van der Waals surface area contributed by atoms with E-state index in [1.165, 1.54) is 12.1 Å². The van der Waals surface area contributed by atoms with Gasteiger partial charge in [0.2, 0.25) is 0 Å². The van der Waals surface area contributed by atoms with Crippen LogP contribution in [0.2, 0.25) is 0 Å². The summed E-state index contributed by atoms with van der Waals surface area (Å²) in [6, 6.07) is 9.02. The fourth-order valence-corrected chi connectivity index (χ4v) is 2.64. The monoisotopic (exact) mass is 391 g/mol. The Labute approximate surface area is 160 Å². The van der Waals surface area contributed by atoms with Gasteiger partial charge in [-0.3, -0.25) is 4.79 Å². The Balaban J connectivity index is 1.45. The third-order valence-corrected chi connectivity index (χ3v) is 4.09. The van der Waals surface area contributed by atoms with Crippen molar-refractivity contribution in [3.63, 3.8) is 0 Å². The molecule has 1 aliphatic heterocycles. The summed E-state index contributed by atoms with van der Waals surface area (Å²) in [5.74, 6) is -2.53. The largest absolute Gasteiger partial charge is 0.491 e. The molecule has 0 aromatic heterocycles. The zero-order valence-electron chi connectivity index (χ0n) is 15.0. The van der Waals surface area contributed by atoms with E-state index in [0.29, 0.717) is 18.4 Å². The molecule has 0 aliphatic carbocycles. The van der Waals surface area contributed by atoms with Gasteiger partial charge in [-0.25, -0.2) is 13.6 Å². The minimum atomic E-state index is -0.918. The van der Waals surface area contributed by atoms with Gasteiger partial charge in [-0.05, 0) is 49.2 Å². The molecule has 1 fully saturated rings. The Morgan fingerprint density at radius 3 is 2.61 bits per heavy atom. The Morgan fingerprint density at radius 1 is 1.14 bits per heavy atom. The van der Waals surface area contributed by atoms with Crippen LogP contribution in [0.3, 0.4) is 0 Å². The van der Waals surface area contributed by atoms with Gasteiger partial charge in [0.05, 0.1) is 17.4 Å². The lowest BCUT2D eigenvalue weighted by atomic mass is 10.2. The SMILES string of the molecule is O=C(COC(=O)c1ccc(OC[C@@H]2CCCO2)cc1)Nc1ccc(F)cc1F. The molecular weight excluding hydrogens is 372 g/mol. The van der Waals surface area contributed by atoms with Crippen molar-refractivity contribution < 1.29 is 32.6 Å². The fourth-order valence-electron chi connectivity index (χ4n) is 2.64. The lowest BCUT2D eigenvalue weighted by Crippen LogP contribution is -2.21. The smallest absolute Gasteiger partial charge is 0.338 e. The standard InChI is InChI=1S/C20H19F2NO5/c21-14-5-8-18(17(22)10-14)23-19(24)12-28-20(25)13-3-6-15(7-4-13)27-11-16-2-1-9-26-16/h3-8,10,16H,1-2,9,11-12H2,(H,23,24)/t16-/m0/s1. The van der Waals surface area contributed by atoms with Crippen LogP contribution in [-0.2, 0) is 14.3 Å². The number of amides is 1. The van der Waals surface area contributed by atoms with Gasteiger partial charge in [0.25, 0.3) is 5.91 Å². The summed E-state index contributed by atoms with van der Waals surface area (Å²) in [6.07, 6.45) is 2.09. The van der Waals surface area contributed by atoms with Gasteiger partial charge < -0.3 is 19.5 Å². The van der Waals surface area contributed by atoms with Gasteiger partial charge in [-0.1, -0.05) is 0 Å². The molecule has 8 heteroatoms. The number of hydrogen-bond acceptors (Lipinski definition) is 5. The van der Waals surface area contributed by atoms with Crippen LogP contribution in [0.1, 0.15) is 23.2 Å². The molecule has 0 saturated carbocycles. The van der Waals surface area contributed by atoms with Gasteiger partial charge in [0.1, 0.15) is 24.0 Å². The maximum atomic E-state index is 13.5. The zero-order chi connectivity index (χ0) is 19.9. The van der Waals surface area contributed by atoms with E-state index in [1.54, 1.807) is 12.1 Å². The molecule has 6 nitrogen and oxygen atoms in total. The lowest BCUT2D eigenvalue weighted by Gasteiger charge is -2.11. The molecule has 0 bridgehead atoms. The number of halogens is 2. The summed E-state index contributed by atoms with van der Waals surface area (Å²) >= 11 is 0. The Hall–Kier alpha value is -3.00. The number of carbonyl (C=O) groups excluding carboxylic acids is 2. The molecular formula is C20H19F2NO5. The second-order valence-corrected chi connectivity index (χ2v) is 6.22. The molecule has 3 rings (SSSR count). The maximum absolute atomic E-state index is 13.5. The average molecular weight is 391 g/mol. The highest BCUT2D eigenvalue weighted by Crippen LogP contribution is 2.17. The van der Waals surface area contributed by atoms with Gasteiger partial charge in [0, 0.05) is 12.7 Å². The van der Waals surface area contributed by atoms with E-state index in [1.807, 2.05) is 0 Å². The predicted molar refractivity (Wildman–Crippen MR) is 96.2 cm³/mol. The normalized spacial score (nSPS) is 15.9. The van der Waals surface area contributed by atoms with Gasteiger partial charge in [-0.15, -0.1) is 0 Å². The third kappa shape index (κ3) is 5.50. The van der Waals surface area contributed by atoms with Crippen molar-refractivity contribution in [2.45, 2.75) is 18.9 Å². The van der Waals surface area contributed by atoms with Crippen molar-refractivity contribution in [3.05, 3.63) is 59.7 Å². The molecule has 2 aromatic carbocycles. The molecule has 0 unspecified atom stereocenters. The Bertz CT molecular complexity index is 835. The second kappa shape index (κ2) is 9.27. The summed E-state index contributed by atoms with van der Waals surface area (Å²) in [7, 11) is 0. The molecule has 0 radical (unpaired) electrons. The minimum Gasteiger partial charge on any atom is -0.491 e. The van der Waals surface area contributed by atoms with Gasteiger partial charge in [0.15, 0.2) is 6.61 Å². The molecule has 0 spiro atoms. The van der Waals surface area contributed by atoms with Crippen LogP contribution in [0, 0.1) is 11.6 Å². The quantitative estimate of drug-likeness (QED) is 0.733. The number of esters is 1. The number of anilines is 1. The van der Waals surface area contributed by atoms with Crippen molar-refractivity contribution in [3.8, 4) is 5.75 Å². The van der Waals surface area contributed by atoms with Crippen LogP contribution in [0.15, 0.2) is 42.5 Å². The third-order valence-electron chi connectivity index (χ3n) is 4.09. The summed E-state index contributed by atoms with van der Waals surface area (Å²) in [5, 5.41) is 2.21. The molecule has 148 valence electrons. The average Bonchev–Trinajstić information content (AvgIpc) is 3.21. The van der Waals surface area contributed by atoms with Crippen molar-refractivity contribution in [1.29, 1.82) is 0 Å². The predicted octanol–water partition coefficient (Wildman–Crippen LogP) is 3.32. The van der Waals surface area contributed by atoms with Gasteiger partial charge in [-0.2, -0.15) is 0 Å². The van der Waals surface area contributed by atoms with Crippen LogP contribution >= 0.6 is 0 Å².